The van der Waals surface area contributed by atoms with Crippen LogP contribution in [0.1, 0.15) is 31.7 Å². The molecule has 4 nitrogen and oxygen atoms in total. The SMILES string of the molecule is CCOC(=O)C1CC=C(c2cnn(C)c2)CC1. The molecule has 1 aliphatic rings. The van der Waals surface area contributed by atoms with Crippen LogP contribution in [0.5, 0.6) is 0 Å². The lowest BCUT2D eigenvalue weighted by Gasteiger charge is -2.19. The number of carbonyl (C=O) groups excluding carboxylic acids is 1. The standard InChI is InChI=1S/C13H18N2O2/c1-3-17-13(16)11-6-4-10(5-7-11)12-8-14-15(2)9-12/h4,8-9,11H,3,5-7H2,1-2H3. The highest BCUT2D eigenvalue weighted by molar-refractivity contribution is 5.75. The van der Waals surface area contributed by atoms with Gasteiger partial charge in [0, 0.05) is 18.8 Å². The minimum absolute atomic E-state index is 0.0374. The highest BCUT2D eigenvalue weighted by atomic mass is 16.5. The topological polar surface area (TPSA) is 44.1 Å². The van der Waals surface area contributed by atoms with E-state index in [1.807, 2.05) is 26.4 Å². The first-order valence-corrected chi connectivity index (χ1v) is 6.05. The Morgan fingerprint density at radius 1 is 1.65 bits per heavy atom. The van der Waals surface area contributed by atoms with E-state index in [1.165, 1.54) is 5.57 Å². The fourth-order valence-electron chi connectivity index (χ4n) is 2.16. The van der Waals surface area contributed by atoms with E-state index in [0.29, 0.717) is 6.61 Å². The quantitative estimate of drug-likeness (QED) is 0.753. The molecule has 1 unspecified atom stereocenters. The van der Waals surface area contributed by atoms with E-state index in [4.69, 9.17) is 4.74 Å². The molecule has 1 heterocycles. The molecule has 4 heteroatoms. The zero-order valence-corrected chi connectivity index (χ0v) is 10.3. The molecule has 0 saturated heterocycles. The van der Waals surface area contributed by atoms with Crippen LogP contribution in [0.3, 0.4) is 0 Å². The Morgan fingerprint density at radius 3 is 3.00 bits per heavy atom. The van der Waals surface area contributed by atoms with Crippen LogP contribution in [0.25, 0.3) is 5.57 Å². The van der Waals surface area contributed by atoms with Gasteiger partial charge in [0.25, 0.3) is 0 Å². The minimum Gasteiger partial charge on any atom is -0.466 e. The Kier molecular flexibility index (Phi) is 3.61. The number of carbonyl (C=O) groups is 1. The molecule has 0 bridgehead atoms. The van der Waals surface area contributed by atoms with Gasteiger partial charge in [0.05, 0.1) is 18.7 Å². The average Bonchev–Trinajstić information content (AvgIpc) is 2.76. The van der Waals surface area contributed by atoms with Gasteiger partial charge in [-0.1, -0.05) is 6.08 Å². The zero-order valence-electron chi connectivity index (χ0n) is 10.3. The number of esters is 1. The van der Waals surface area contributed by atoms with Crippen molar-refractivity contribution < 1.29 is 9.53 Å². The number of ether oxygens (including phenoxy) is 1. The van der Waals surface area contributed by atoms with E-state index >= 15 is 0 Å². The van der Waals surface area contributed by atoms with Crippen LogP contribution >= 0.6 is 0 Å². The largest absolute Gasteiger partial charge is 0.466 e. The molecule has 0 radical (unpaired) electrons. The number of rotatable bonds is 3. The van der Waals surface area contributed by atoms with Crippen LogP contribution in [0, 0.1) is 5.92 Å². The zero-order chi connectivity index (χ0) is 12.3. The normalized spacial score (nSPS) is 19.9. The van der Waals surface area contributed by atoms with E-state index in [9.17, 15) is 4.79 Å². The van der Waals surface area contributed by atoms with Crippen molar-refractivity contribution in [3.05, 3.63) is 24.0 Å². The molecule has 1 aliphatic carbocycles. The highest BCUT2D eigenvalue weighted by Crippen LogP contribution is 2.30. The smallest absolute Gasteiger partial charge is 0.309 e. The lowest BCUT2D eigenvalue weighted by molar-refractivity contribution is -0.148. The molecule has 1 aromatic rings. The Labute approximate surface area is 101 Å². The molecule has 0 fully saturated rings. The first kappa shape index (κ1) is 11.9. The molecule has 2 rings (SSSR count). The molecular formula is C13H18N2O2. The third kappa shape index (κ3) is 2.75. The van der Waals surface area contributed by atoms with E-state index in [0.717, 1.165) is 24.8 Å². The third-order valence-corrected chi connectivity index (χ3v) is 3.11. The molecule has 1 atom stereocenters. The number of nitrogens with zero attached hydrogens (tertiary/aromatic N) is 2. The van der Waals surface area contributed by atoms with Crippen molar-refractivity contribution in [3.63, 3.8) is 0 Å². The van der Waals surface area contributed by atoms with Crippen molar-refractivity contribution in [2.24, 2.45) is 13.0 Å². The van der Waals surface area contributed by atoms with E-state index < -0.39 is 0 Å². The van der Waals surface area contributed by atoms with Gasteiger partial charge in [-0.3, -0.25) is 9.48 Å². The molecule has 0 aliphatic heterocycles. The summed E-state index contributed by atoms with van der Waals surface area (Å²) in [4.78, 5) is 11.6. The molecule has 0 amide bonds. The monoisotopic (exact) mass is 234 g/mol. The summed E-state index contributed by atoms with van der Waals surface area (Å²) in [6.07, 6.45) is 8.60. The van der Waals surface area contributed by atoms with Gasteiger partial charge in [0.2, 0.25) is 0 Å². The predicted octanol–water partition coefficient (Wildman–Crippen LogP) is 2.17. The summed E-state index contributed by atoms with van der Waals surface area (Å²) in [6.45, 7) is 2.31. The summed E-state index contributed by atoms with van der Waals surface area (Å²) in [5, 5.41) is 4.16. The summed E-state index contributed by atoms with van der Waals surface area (Å²) in [7, 11) is 1.91. The molecule has 1 aromatic heterocycles. The summed E-state index contributed by atoms with van der Waals surface area (Å²) >= 11 is 0. The number of aryl methyl sites for hydroxylation is 1. The first-order valence-electron chi connectivity index (χ1n) is 6.05. The molecular weight excluding hydrogens is 216 g/mol. The summed E-state index contributed by atoms with van der Waals surface area (Å²) in [5.41, 5.74) is 2.45. The van der Waals surface area contributed by atoms with Gasteiger partial charge in [-0.25, -0.2) is 0 Å². The fourth-order valence-corrected chi connectivity index (χ4v) is 2.16. The number of hydrogen-bond acceptors (Lipinski definition) is 3. The van der Waals surface area contributed by atoms with Gasteiger partial charge >= 0.3 is 5.97 Å². The molecule has 0 spiro atoms. The van der Waals surface area contributed by atoms with Crippen LogP contribution in [0.4, 0.5) is 0 Å². The molecule has 17 heavy (non-hydrogen) atoms. The van der Waals surface area contributed by atoms with Crippen molar-refractivity contribution >= 4 is 11.5 Å². The Bertz CT molecular complexity index is 434. The van der Waals surface area contributed by atoms with Crippen LogP contribution in [-0.4, -0.2) is 22.4 Å². The maximum atomic E-state index is 11.6. The summed E-state index contributed by atoms with van der Waals surface area (Å²) in [6, 6.07) is 0. The maximum Gasteiger partial charge on any atom is 0.309 e. The van der Waals surface area contributed by atoms with Gasteiger partial charge in [-0.15, -0.1) is 0 Å². The second kappa shape index (κ2) is 5.17. The van der Waals surface area contributed by atoms with Crippen molar-refractivity contribution in [1.82, 2.24) is 9.78 Å². The van der Waals surface area contributed by atoms with E-state index in [1.54, 1.807) is 4.68 Å². The average molecular weight is 234 g/mol. The van der Waals surface area contributed by atoms with E-state index in [2.05, 4.69) is 11.2 Å². The number of hydrogen-bond donors (Lipinski definition) is 0. The predicted molar refractivity (Wildman–Crippen MR) is 65.2 cm³/mol. The summed E-state index contributed by atoms with van der Waals surface area (Å²) in [5.74, 6) is -0.0237. The Morgan fingerprint density at radius 2 is 2.47 bits per heavy atom. The second-order valence-corrected chi connectivity index (χ2v) is 4.36. The van der Waals surface area contributed by atoms with Gasteiger partial charge in [0.15, 0.2) is 0 Å². The highest BCUT2D eigenvalue weighted by Gasteiger charge is 2.23. The van der Waals surface area contributed by atoms with Crippen molar-refractivity contribution in [2.45, 2.75) is 26.2 Å². The van der Waals surface area contributed by atoms with Crippen molar-refractivity contribution in [1.29, 1.82) is 0 Å². The van der Waals surface area contributed by atoms with Gasteiger partial charge < -0.3 is 4.74 Å². The summed E-state index contributed by atoms with van der Waals surface area (Å²) < 4.78 is 6.84. The fraction of sp³-hybridized carbons (Fsp3) is 0.538. The van der Waals surface area contributed by atoms with Crippen molar-refractivity contribution in [2.75, 3.05) is 6.61 Å². The number of aromatic nitrogens is 2. The van der Waals surface area contributed by atoms with Crippen LogP contribution in [0.2, 0.25) is 0 Å². The Balaban J connectivity index is 2.00. The minimum atomic E-state index is -0.0611. The van der Waals surface area contributed by atoms with Crippen LogP contribution < -0.4 is 0 Å². The maximum absolute atomic E-state index is 11.6. The second-order valence-electron chi connectivity index (χ2n) is 4.36. The van der Waals surface area contributed by atoms with Crippen molar-refractivity contribution in [3.8, 4) is 0 Å². The molecule has 0 aromatic carbocycles. The lowest BCUT2D eigenvalue weighted by atomic mass is 9.87. The molecule has 0 saturated carbocycles. The first-order chi connectivity index (χ1) is 8.20. The van der Waals surface area contributed by atoms with Gasteiger partial charge in [0.1, 0.15) is 0 Å². The number of allylic oxidation sites excluding steroid dienone is 2. The molecule has 0 N–H and O–H groups in total. The third-order valence-electron chi connectivity index (χ3n) is 3.11. The van der Waals surface area contributed by atoms with Crippen LogP contribution in [0.15, 0.2) is 18.5 Å². The van der Waals surface area contributed by atoms with Crippen LogP contribution in [-0.2, 0) is 16.6 Å². The Hall–Kier alpha value is -1.58. The molecule has 92 valence electrons. The lowest BCUT2D eigenvalue weighted by Crippen LogP contribution is -2.19. The van der Waals surface area contributed by atoms with Gasteiger partial charge in [-0.05, 0) is 31.8 Å². The van der Waals surface area contributed by atoms with E-state index in [-0.39, 0.29) is 11.9 Å². The van der Waals surface area contributed by atoms with Gasteiger partial charge in [-0.2, -0.15) is 5.10 Å².